The van der Waals surface area contributed by atoms with Crippen molar-refractivity contribution in [1.82, 2.24) is 0 Å². The van der Waals surface area contributed by atoms with Gasteiger partial charge in [0.25, 0.3) is 0 Å². The Bertz CT molecular complexity index is 1660. The van der Waals surface area contributed by atoms with E-state index in [4.69, 9.17) is 14.2 Å². The lowest BCUT2D eigenvalue weighted by molar-refractivity contribution is -0.166. The fourth-order valence-corrected chi connectivity index (χ4v) is 7.92. The molecule has 0 aromatic heterocycles. The van der Waals surface area contributed by atoms with Crippen LogP contribution in [-0.2, 0) is 28.6 Å². The zero-order valence-electron chi connectivity index (χ0n) is 48.3. The molecule has 0 aliphatic heterocycles. The molecular formula is C69H110O6. The summed E-state index contributed by atoms with van der Waals surface area (Å²) in [7, 11) is 0. The third-order valence-corrected chi connectivity index (χ3v) is 12.4. The quantitative estimate of drug-likeness (QED) is 0.0261. The van der Waals surface area contributed by atoms with Crippen LogP contribution in [0.25, 0.3) is 0 Å². The third-order valence-electron chi connectivity index (χ3n) is 12.4. The average Bonchev–Trinajstić information content (AvgIpc) is 3.41. The van der Waals surface area contributed by atoms with Crippen LogP contribution >= 0.6 is 0 Å². The van der Waals surface area contributed by atoms with Crippen molar-refractivity contribution in [2.75, 3.05) is 13.2 Å². The normalized spacial score (nSPS) is 13.2. The van der Waals surface area contributed by atoms with Crippen molar-refractivity contribution < 1.29 is 28.6 Å². The highest BCUT2D eigenvalue weighted by Gasteiger charge is 2.19. The third kappa shape index (κ3) is 60.0. The Morgan fingerprint density at radius 2 is 0.573 bits per heavy atom. The monoisotopic (exact) mass is 1030 g/mol. The second kappa shape index (κ2) is 61.8. The van der Waals surface area contributed by atoms with E-state index in [-0.39, 0.29) is 32.0 Å². The van der Waals surface area contributed by atoms with Crippen LogP contribution in [-0.4, -0.2) is 37.2 Å². The largest absolute Gasteiger partial charge is 0.462 e. The standard InChI is InChI=1S/C69H110O6/c1-4-7-10-13-16-19-22-25-28-29-30-31-32-33-34-35-36-37-38-39-42-44-47-50-53-56-59-62-68(71)74-65-66(75-69(72)63-60-57-54-51-48-45-41-27-24-21-18-15-12-9-6-3)64-73-67(70)61-58-55-52-49-46-43-40-26-23-20-17-14-11-8-5-2/h8-9,11-12,17-18,20-22,25-27,29-30,40-41,46,48-49,51,55,57-58,60,66H,4-7,10,13-16,19,23-24,28,31-39,42-45,47,50,52-54,56,59,61-65H2,1-3H3/b11-8-,12-9-,20-17-,21-18-,25-22-,30-29-,40-26-,41-27-,49-46-,51-48-,58-55-,60-57-. The summed E-state index contributed by atoms with van der Waals surface area (Å²) >= 11 is 0. The van der Waals surface area contributed by atoms with Crippen LogP contribution < -0.4 is 0 Å². The molecule has 0 heterocycles. The van der Waals surface area contributed by atoms with Crippen LogP contribution in [0.15, 0.2) is 146 Å². The summed E-state index contributed by atoms with van der Waals surface area (Å²) in [5, 5.41) is 0. The van der Waals surface area contributed by atoms with E-state index in [1.807, 2.05) is 12.2 Å². The summed E-state index contributed by atoms with van der Waals surface area (Å²) < 4.78 is 16.6. The Labute approximate surface area is 461 Å². The highest BCUT2D eigenvalue weighted by Crippen LogP contribution is 2.15. The van der Waals surface area contributed by atoms with E-state index in [1.54, 1.807) is 12.2 Å². The Morgan fingerprint density at radius 1 is 0.293 bits per heavy atom. The van der Waals surface area contributed by atoms with Crippen molar-refractivity contribution in [2.45, 2.75) is 258 Å². The van der Waals surface area contributed by atoms with Gasteiger partial charge in [-0.05, 0) is 103 Å². The summed E-state index contributed by atoms with van der Waals surface area (Å²) in [6.07, 6.45) is 89.1. The van der Waals surface area contributed by atoms with E-state index >= 15 is 0 Å². The van der Waals surface area contributed by atoms with Gasteiger partial charge in [-0.2, -0.15) is 0 Å². The number of rotatable bonds is 53. The molecule has 0 aliphatic rings. The van der Waals surface area contributed by atoms with Gasteiger partial charge < -0.3 is 14.2 Å². The molecule has 422 valence electrons. The summed E-state index contributed by atoms with van der Waals surface area (Å²) in [6.45, 7) is 6.22. The van der Waals surface area contributed by atoms with Gasteiger partial charge in [-0.25, -0.2) is 0 Å². The first-order valence-electron chi connectivity index (χ1n) is 30.3. The van der Waals surface area contributed by atoms with Gasteiger partial charge in [-0.1, -0.05) is 276 Å². The zero-order valence-corrected chi connectivity index (χ0v) is 48.3. The smallest absolute Gasteiger partial charge is 0.310 e. The van der Waals surface area contributed by atoms with Gasteiger partial charge >= 0.3 is 17.9 Å². The molecule has 0 fully saturated rings. The van der Waals surface area contributed by atoms with Crippen LogP contribution in [0.4, 0.5) is 0 Å². The second-order valence-corrected chi connectivity index (χ2v) is 19.5. The lowest BCUT2D eigenvalue weighted by Gasteiger charge is -2.17. The second-order valence-electron chi connectivity index (χ2n) is 19.5. The minimum absolute atomic E-state index is 0.0722. The lowest BCUT2D eigenvalue weighted by atomic mass is 10.0. The molecule has 0 saturated heterocycles. The van der Waals surface area contributed by atoms with Gasteiger partial charge in [0.15, 0.2) is 6.10 Å². The molecule has 0 bridgehead atoms. The molecule has 0 aromatic carbocycles. The van der Waals surface area contributed by atoms with Crippen LogP contribution in [0, 0.1) is 0 Å². The Hall–Kier alpha value is -4.71. The summed E-state index contributed by atoms with van der Waals surface area (Å²) in [6, 6.07) is 0. The molecule has 0 N–H and O–H groups in total. The molecule has 0 aliphatic carbocycles. The first kappa shape index (κ1) is 70.3. The Balaban J connectivity index is 4.43. The maximum Gasteiger partial charge on any atom is 0.310 e. The lowest BCUT2D eigenvalue weighted by Crippen LogP contribution is -2.30. The highest BCUT2D eigenvalue weighted by molar-refractivity contribution is 5.72. The first-order valence-corrected chi connectivity index (χ1v) is 30.3. The van der Waals surface area contributed by atoms with Crippen molar-refractivity contribution in [2.24, 2.45) is 0 Å². The van der Waals surface area contributed by atoms with Crippen molar-refractivity contribution >= 4 is 17.9 Å². The van der Waals surface area contributed by atoms with Gasteiger partial charge in [0.2, 0.25) is 0 Å². The van der Waals surface area contributed by atoms with Gasteiger partial charge in [-0.3, -0.25) is 14.4 Å². The fraction of sp³-hybridized carbons (Fsp3) is 0.609. The Kier molecular flexibility index (Phi) is 58.0. The van der Waals surface area contributed by atoms with Crippen molar-refractivity contribution in [3.05, 3.63) is 146 Å². The minimum atomic E-state index is -0.878. The van der Waals surface area contributed by atoms with Gasteiger partial charge in [0, 0.05) is 6.42 Å². The SMILES string of the molecule is CC/C=C\C/C=C\C/C=C\C/C=C\C/C=C\CC(=O)OCC(COC(=O)CCCCCCCCCCCCCCCCC/C=C\C/C=C\CCCCCCC)OC(=O)C/C=C\C/C=C\C/C=C\C/C=C\C/C=C\CC. The topological polar surface area (TPSA) is 78.9 Å². The van der Waals surface area contributed by atoms with E-state index < -0.39 is 18.0 Å². The van der Waals surface area contributed by atoms with Crippen LogP contribution in [0.3, 0.4) is 0 Å². The van der Waals surface area contributed by atoms with E-state index in [2.05, 4.69) is 142 Å². The molecule has 1 atom stereocenters. The maximum absolute atomic E-state index is 12.8. The molecule has 0 aromatic rings. The van der Waals surface area contributed by atoms with Crippen LogP contribution in [0.1, 0.15) is 252 Å². The molecule has 0 rings (SSSR count). The average molecular weight is 1040 g/mol. The molecule has 0 amide bonds. The Morgan fingerprint density at radius 3 is 0.933 bits per heavy atom. The van der Waals surface area contributed by atoms with E-state index in [0.29, 0.717) is 19.3 Å². The van der Waals surface area contributed by atoms with Crippen molar-refractivity contribution in [3.63, 3.8) is 0 Å². The predicted molar refractivity (Wildman–Crippen MR) is 325 cm³/mol. The predicted octanol–water partition coefficient (Wildman–Crippen LogP) is 20.8. The summed E-state index contributed by atoms with van der Waals surface area (Å²) in [5.41, 5.74) is 0. The number of esters is 3. The molecule has 1 unspecified atom stereocenters. The van der Waals surface area contributed by atoms with Gasteiger partial charge in [0.1, 0.15) is 13.2 Å². The number of unbranched alkanes of at least 4 members (excludes halogenated alkanes) is 20. The van der Waals surface area contributed by atoms with Gasteiger partial charge in [0.05, 0.1) is 12.8 Å². The van der Waals surface area contributed by atoms with Crippen molar-refractivity contribution in [3.8, 4) is 0 Å². The minimum Gasteiger partial charge on any atom is -0.462 e. The molecule has 0 saturated carbocycles. The number of carbonyl (C=O) groups excluding carboxylic acids is 3. The number of carbonyl (C=O) groups is 3. The van der Waals surface area contributed by atoms with E-state index in [0.717, 1.165) is 77.0 Å². The number of allylic oxidation sites excluding steroid dienone is 22. The zero-order chi connectivity index (χ0) is 54.3. The first-order chi connectivity index (χ1) is 37.0. The van der Waals surface area contributed by atoms with Crippen LogP contribution in [0.2, 0.25) is 0 Å². The molecule has 6 heteroatoms. The summed E-state index contributed by atoms with van der Waals surface area (Å²) in [5.74, 6) is -1.22. The molecule has 6 nitrogen and oxygen atoms in total. The highest BCUT2D eigenvalue weighted by atomic mass is 16.6. The molecular weight excluding hydrogens is 925 g/mol. The molecule has 75 heavy (non-hydrogen) atoms. The van der Waals surface area contributed by atoms with Crippen LogP contribution in [0.5, 0.6) is 0 Å². The number of hydrogen-bond donors (Lipinski definition) is 0. The maximum atomic E-state index is 12.8. The molecule has 0 spiro atoms. The number of hydrogen-bond acceptors (Lipinski definition) is 6. The van der Waals surface area contributed by atoms with E-state index in [9.17, 15) is 14.4 Å². The number of ether oxygens (including phenoxy) is 3. The van der Waals surface area contributed by atoms with Gasteiger partial charge in [-0.15, -0.1) is 0 Å². The van der Waals surface area contributed by atoms with Crippen molar-refractivity contribution in [1.29, 1.82) is 0 Å². The fourth-order valence-electron chi connectivity index (χ4n) is 7.92. The summed E-state index contributed by atoms with van der Waals surface area (Å²) in [4.78, 5) is 38.1. The molecule has 0 radical (unpaired) electrons. The van der Waals surface area contributed by atoms with E-state index in [1.165, 1.54) is 122 Å².